The molecule has 0 fully saturated rings. The lowest BCUT2D eigenvalue weighted by molar-refractivity contribution is -0.384. The van der Waals surface area contributed by atoms with Crippen LogP contribution in [0.3, 0.4) is 0 Å². The molecule has 0 aliphatic rings. The molecule has 13 heteroatoms. The number of hydrogen-bond acceptors (Lipinski definition) is 10. The first kappa shape index (κ1) is 19.7. The van der Waals surface area contributed by atoms with Crippen molar-refractivity contribution >= 4 is 68.1 Å². The van der Waals surface area contributed by atoms with Gasteiger partial charge in [-0.25, -0.2) is 9.61 Å². The molecule has 4 rings (SSSR count). The molecule has 2 N–H and O–H groups in total. The van der Waals surface area contributed by atoms with Crippen LogP contribution >= 0.6 is 27.5 Å². The summed E-state index contributed by atoms with van der Waals surface area (Å²) in [6.07, 6.45) is 1.34. The predicted molar refractivity (Wildman–Crippen MR) is 114 cm³/mol. The molecule has 0 aliphatic carbocycles. The Kier molecular flexibility index (Phi) is 5.50. The molecule has 0 bridgehead atoms. The SMILES string of the molecule is O=[N+]([O-])c1ccc(Cl)c(/C=N\Nc2nc3nonc3nc2Nc2ccc(Br)cc2)c1. The van der Waals surface area contributed by atoms with E-state index in [1.807, 2.05) is 24.3 Å². The fourth-order valence-electron chi connectivity index (χ4n) is 2.38. The lowest BCUT2D eigenvalue weighted by atomic mass is 10.2. The average Bonchev–Trinajstić information content (AvgIpc) is 3.18. The van der Waals surface area contributed by atoms with Gasteiger partial charge in [-0.2, -0.15) is 10.1 Å². The van der Waals surface area contributed by atoms with Gasteiger partial charge in [0.25, 0.3) is 5.69 Å². The predicted octanol–water partition coefficient (Wildman–Crippen LogP) is 4.53. The maximum absolute atomic E-state index is 10.9. The summed E-state index contributed by atoms with van der Waals surface area (Å²) in [6, 6.07) is 11.5. The minimum absolute atomic E-state index is 0.103. The molecule has 0 spiro atoms. The minimum Gasteiger partial charge on any atom is -0.337 e. The molecule has 0 saturated carbocycles. The fraction of sp³-hybridized carbons (Fsp3) is 0. The van der Waals surface area contributed by atoms with Gasteiger partial charge >= 0.3 is 0 Å². The zero-order valence-corrected chi connectivity index (χ0v) is 17.1. The average molecular weight is 490 g/mol. The van der Waals surface area contributed by atoms with E-state index < -0.39 is 4.92 Å². The number of nitro groups is 1. The highest BCUT2D eigenvalue weighted by molar-refractivity contribution is 9.10. The Morgan fingerprint density at radius 3 is 2.50 bits per heavy atom. The van der Waals surface area contributed by atoms with Crippen LogP contribution in [0, 0.1) is 10.1 Å². The van der Waals surface area contributed by atoms with Gasteiger partial charge in [-0.05, 0) is 40.6 Å². The first-order chi connectivity index (χ1) is 14.5. The Balaban J connectivity index is 1.63. The van der Waals surface area contributed by atoms with E-state index in [2.05, 4.69) is 56.7 Å². The number of non-ortho nitro benzene ring substituents is 1. The lowest BCUT2D eigenvalue weighted by Gasteiger charge is -2.09. The maximum Gasteiger partial charge on any atom is 0.270 e. The van der Waals surface area contributed by atoms with Gasteiger partial charge < -0.3 is 5.32 Å². The molecule has 4 aromatic rings. The van der Waals surface area contributed by atoms with E-state index in [0.717, 1.165) is 10.2 Å². The van der Waals surface area contributed by atoms with Gasteiger partial charge in [0.15, 0.2) is 11.6 Å². The molecular formula is C17H10BrClN8O3. The molecule has 150 valence electrons. The summed E-state index contributed by atoms with van der Waals surface area (Å²) in [5.41, 5.74) is 4.14. The van der Waals surface area contributed by atoms with Crippen LogP contribution in [-0.2, 0) is 0 Å². The molecule has 2 aromatic carbocycles. The second kappa shape index (κ2) is 8.39. The van der Waals surface area contributed by atoms with E-state index >= 15 is 0 Å². The molecular weight excluding hydrogens is 480 g/mol. The first-order valence-corrected chi connectivity index (χ1v) is 9.42. The van der Waals surface area contributed by atoms with E-state index in [-0.39, 0.29) is 22.8 Å². The third-order valence-electron chi connectivity index (χ3n) is 3.79. The topological polar surface area (TPSA) is 144 Å². The van der Waals surface area contributed by atoms with Crippen LogP contribution in [0.25, 0.3) is 11.3 Å². The smallest absolute Gasteiger partial charge is 0.270 e. The second-order valence-electron chi connectivity index (χ2n) is 5.80. The summed E-state index contributed by atoms with van der Waals surface area (Å²) in [4.78, 5) is 19.0. The minimum atomic E-state index is -0.516. The summed E-state index contributed by atoms with van der Waals surface area (Å²) >= 11 is 9.46. The number of anilines is 3. The monoisotopic (exact) mass is 488 g/mol. The zero-order chi connectivity index (χ0) is 21.1. The standard InChI is InChI=1S/C17H10BrClN8O3/c18-10-1-3-11(4-2-10)21-14-15(23-17-16(22-14)25-30-26-17)24-20-8-9-7-12(27(28)29)5-6-13(9)19/h1-8H,(H,21,22,25)(H,23,24,26)/b20-8-. The molecule has 0 radical (unpaired) electrons. The normalized spacial score (nSPS) is 11.1. The van der Waals surface area contributed by atoms with Gasteiger partial charge in [0.1, 0.15) is 0 Å². The van der Waals surface area contributed by atoms with E-state index in [0.29, 0.717) is 16.4 Å². The summed E-state index contributed by atoms with van der Waals surface area (Å²) in [6.45, 7) is 0. The Morgan fingerprint density at radius 1 is 1.10 bits per heavy atom. The number of fused-ring (bicyclic) bond motifs is 1. The Hall–Kier alpha value is -3.64. The van der Waals surface area contributed by atoms with Gasteiger partial charge in [0.2, 0.25) is 11.3 Å². The highest BCUT2D eigenvalue weighted by Gasteiger charge is 2.13. The number of hydrazone groups is 1. The van der Waals surface area contributed by atoms with Crippen LogP contribution < -0.4 is 10.7 Å². The van der Waals surface area contributed by atoms with Crippen molar-refractivity contribution in [3.63, 3.8) is 0 Å². The van der Waals surface area contributed by atoms with Gasteiger partial charge in [-0.1, -0.05) is 27.5 Å². The molecule has 30 heavy (non-hydrogen) atoms. The van der Waals surface area contributed by atoms with Gasteiger partial charge in [-0.3, -0.25) is 15.5 Å². The molecule has 0 saturated heterocycles. The van der Waals surface area contributed by atoms with Crippen molar-refractivity contribution in [3.8, 4) is 0 Å². The van der Waals surface area contributed by atoms with E-state index in [4.69, 9.17) is 11.6 Å². The van der Waals surface area contributed by atoms with Crippen molar-refractivity contribution in [1.82, 2.24) is 20.3 Å². The van der Waals surface area contributed by atoms with E-state index in [1.165, 1.54) is 24.4 Å². The maximum atomic E-state index is 10.9. The van der Waals surface area contributed by atoms with E-state index in [9.17, 15) is 10.1 Å². The summed E-state index contributed by atoms with van der Waals surface area (Å²) in [7, 11) is 0. The lowest BCUT2D eigenvalue weighted by Crippen LogP contribution is -2.03. The number of aromatic nitrogens is 4. The van der Waals surface area contributed by atoms with Crippen LogP contribution in [-0.4, -0.2) is 31.4 Å². The third kappa shape index (κ3) is 4.34. The molecule has 2 aromatic heterocycles. The molecule has 0 aliphatic heterocycles. The molecule has 2 heterocycles. The van der Waals surface area contributed by atoms with Gasteiger partial charge in [0, 0.05) is 32.9 Å². The summed E-state index contributed by atoms with van der Waals surface area (Å²) in [5.74, 6) is 0.557. The highest BCUT2D eigenvalue weighted by atomic mass is 79.9. The number of halogens is 2. The second-order valence-corrected chi connectivity index (χ2v) is 7.12. The van der Waals surface area contributed by atoms with Gasteiger partial charge in [0.05, 0.1) is 11.1 Å². The zero-order valence-electron chi connectivity index (χ0n) is 14.8. The van der Waals surface area contributed by atoms with Crippen LogP contribution in [0.5, 0.6) is 0 Å². The Morgan fingerprint density at radius 2 is 1.80 bits per heavy atom. The Labute approximate surface area is 181 Å². The van der Waals surface area contributed by atoms with Crippen molar-refractivity contribution < 1.29 is 9.55 Å². The van der Waals surface area contributed by atoms with Crippen molar-refractivity contribution in [3.05, 3.63) is 67.6 Å². The molecule has 0 unspecified atom stereocenters. The molecule has 0 atom stereocenters. The van der Waals surface area contributed by atoms with Crippen molar-refractivity contribution in [1.29, 1.82) is 0 Å². The van der Waals surface area contributed by atoms with Crippen LogP contribution in [0.1, 0.15) is 5.56 Å². The van der Waals surface area contributed by atoms with Crippen LogP contribution in [0.2, 0.25) is 5.02 Å². The molecule has 11 nitrogen and oxygen atoms in total. The fourth-order valence-corrected chi connectivity index (χ4v) is 2.81. The highest BCUT2D eigenvalue weighted by Crippen LogP contribution is 2.25. The number of hydrogen-bond donors (Lipinski definition) is 2. The van der Waals surface area contributed by atoms with Crippen LogP contribution in [0.4, 0.5) is 23.0 Å². The van der Waals surface area contributed by atoms with E-state index in [1.54, 1.807) is 0 Å². The van der Waals surface area contributed by atoms with Gasteiger partial charge in [-0.15, -0.1) is 0 Å². The van der Waals surface area contributed by atoms with Crippen molar-refractivity contribution in [2.24, 2.45) is 5.10 Å². The quantitative estimate of drug-likeness (QED) is 0.227. The molecule has 0 amide bonds. The largest absolute Gasteiger partial charge is 0.337 e. The summed E-state index contributed by atoms with van der Waals surface area (Å²) in [5, 5.41) is 25.8. The first-order valence-electron chi connectivity index (χ1n) is 8.25. The third-order valence-corrected chi connectivity index (χ3v) is 4.66. The summed E-state index contributed by atoms with van der Waals surface area (Å²) < 4.78 is 5.58. The Bertz CT molecular complexity index is 1260. The number of nitrogens with zero attached hydrogens (tertiary/aromatic N) is 6. The van der Waals surface area contributed by atoms with Crippen LogP contribution in [0.15, 0.2) is 56.7 Å². The van der Waals surface area contributed by atoms with Crippen molar-refractivity contribution in [2.45, 2.75) is 0 Å². The van der Waals surface area contributed by atoms with Crippen molar-refractivity contribution in [2.75, 3.05) is 10.7 Å². The number of nitrogens with one attached hydrogen (secondary N) is 2. The number of nitro benzene ring substituents is 1. The number of rotatable bonds is 6. The number of benzene rings is 2.